The summed E-state index contributed by atoms with van der Waals surface area (Å²) in [5.74, 6) is -0.347. The second-order valence-corrected chi connectivity index (χ2v) is 6.04. The Bertz CT molecular complexity index is 758. The Hall–Kier alpha value is -3.09. The second-order valence-electron chi connectivity index (χ2n) is 6.04. The maximum atomic E-state index is 12.3. The summed E-state index contributed by atoms with van der Waals surface area (Å²) in [5.41, 5.74) is 2.46. The highest BCUT2D eigenvalue weighted by Crippen LogP contribution is 2.18. The molecule has 0 bridgehead atoms. The molecule has 7 nitrogen and oxygen atoms in total. The normalized spacial score (nSPS) is 14.0. The first-order valence-corrected chi connectivity index (χ1v) is 8.52. The van der Waals surface area contributed by atoms with Crippen LogP contribution in [0, 0.1) is 0 Å². The average Bonchev–Trinajstić information content (AvgIpc) is 2.72. The molecule has 1 N–H and O–H groups in total. The fourth-order valence-electron chi connectivity index (χ4n) is 2.91. The van der Waals surface area contributed by atoms with Gasteiger partial charge in [-0.25, -0.2) is 9.59 Å². The summed E-state index contributed by atoms with van der Waals surface area (Å²) in [6.07, 6.45) is 3.45. The number of methoxy groups -OCH3 is 1. The number of carbonyl (C=O) groups excluding carboxylic acids is 2. The van der Waals surface area contributed by atoms with Crippen LogP contribution in [0.3, 0.4) is 0 Å². The summed E-state index contributed by atoms with van der Waals surface area (Å²) >= 11 is 0. The number of esters is 1. The topological polar surface area (TPSA) is 74.8 Å². The molecule has 0 atom stereocenters. The Morgan fingerprint density at radius 3 is 2.65 bits per heavy atom. The lowest BCUT2D eigenvalue weighted by Crippen LogP contribution is -2.51. The van der Waals surface area contributed by atoms with Gasteiger partial charge in [0.25, 0.3) is 0 Å². The molecule has 2 heterocycles. The molecule has 1 aliphatic rings. The quantitative estimate of drug-likeness (QED) is 0.849. The van der Waals surface area contributed by atoms with E-state index in [-0.39, 0.29) is 12.0 Å². The predicted molar refractivity (Wildman–Crippen MR) is 98.0 cm³/mol. The fourth-order valence-corrected chi connectivity index (χ4v) is 2.91. The molecule has 1 saturated heterocycles. The standard InChI is InChI=1S/C19H22N4O3/c1-26-18(24)16-5-2-6-17(12-16)22-8-10-23(11-9-22)19(25)21-14-15-4-3-7-20-13-15/h2-7,12-13H,8-11,14H2,1H3,(H,21,25). The van der Waals surface area contributed by atoms with Crippen molar-refractivity contribution >= 4 is 17.7 Å². The smallest absolute Gasteiger partial charge is 0.337 e. The van der Waals surface area contributed by atoms with Crippen molar-refractivity contribution in [1.29, 1.82) is 0 Å². The highest BCUT2D eigenvalue weighted by atomic mass is 16.5. The van der Waals surface area contributed by atoms with Gasteiger partial charge >= 0.3 is 12.0 Å². The molecule has 3 rings (SSSR count). The van der Waals surface area contributed by atoms with Gasteiger partial charge < -0.3 is 19.9 Å². The highest BCUT2D eigenvalue weighted by Gasteiger charge is 2.21. The van der Waals surface area contributed by atoms with Crippen molar-refractivity contribution in [1.82, 2.24) is 15.2 Å². The van der Waals surface area contributed by atoms with Gasteiger partial charge in [-0.2, -0.15) is 0 Å². The minimum atomic E-state index is -0.347. The summed E-state index contributed by atoms with van der Waals surface area (Å²) in [4.78, 5) is 32.0. The summed E-state index contributed by atoms with van der Waals surface area (Å²) in [6.45, 7) is 3.15. The highest BCUT2D eigenvalue weighted by molar-refractivity contribution is 5.90. The second kappa shape index (κ2) is 8.33. The first kappa shape index (κ1) is 17.7. The van der Waals surface area contributed by atoms with Crippen LogP contribution in [-0.4, -0.2) is 55.2 Å². The zero-order valence-corrected chi connectivity index (χ0v) is 14.7. The largest absolute Gasteiger partial charge is 0.465 e. The van der Waals surface area contributed by atoms with Gasteiger partial charge in [0.15, 0.2) is 0 Å². The molecular weight excluding hydrogens is 332 g/mol. The Balaban J connectivity index is 1.52. The summed E-state index contributed by atoms with van der Waals surface area (Å²) in [7, 11) is 1.37. The predicted octanol–water partition coefficient (Wildman–Crippen LogP) is 1.90. The third-order valence-corrected chi connectivity index (χ3v) is 4.37. The first-order valence-electron chi connectivity index (χ1n) is 8.52. The number of aromatic nitrogens is 1. The number of anilines is 1. The van der Waals surface area contributed by atoms with E-state index in [0.717, 1.165) is 11.3 Å². The molecule has 1 aliphatic heterocycles. The van der Waals surface area contributed by atoms with Crippen LogP contribution in [-0.2, 0) is 11.3 Å². The lowest BCUT2D eigenvalue weighted by Gasteiger charge is -2.36. The van der Waals surface area contributed by atoms with E-state index in [4.69, 9.17) is 4.74 Å². The maximum Gasteiger partial charge on any atom is 0.337 e. The third kappa shape index (κ3) is 4.30. The van der Waals surface area contributed by atoms with Crippen molar-refractivity contribution in [2.24, 2.45) is 0 Å². The SMILES string of the molecule is COC(=O)c1cccc(N2CCN(C(=O)NCc3cccnc3)CC2)c1. The number of benzene rings is 1. The summed E-state index contributed by atoms with van der Waals surface area (Å²) in [6, 6.07) is 11.1. The van der Waals surface area contributed by atoms with E-state index in [1.54, 1.807) is 23.4 Å². The summed E-state index contributed by atoms with van der Waals surface area (Å²) < 4.78 is 4.77. The van der Waals surface area contributed by atoms with Crippen LogP contribution in [0.5, 0.6) is 0 Å². The van der Waals surface area contributed by atoms with Gasteiger partial charge in [0.1, 0.15) is 0 Å². The van der Waals surface area contributed by atoms with Crippen LogP contribution in [0.1, 0.15) is 15.9 Å². The van der Waals surface area contributed by atoms with E-state index in [1.165, 1.54) is 7.11 Å². The van der Waals surface area contributed by atoms with Gasteiger partial charge in [0, 0.05) is 50.8 Å². The first-order chi connectivity index (χ1) is 12.7. The van der Waals surface area contributed by atoms with Crippen LogP contribution >= 0.6 is 0 Å². The molecule has 2 aromatic rings. The van der Waals surface area contributed by atoms with Crippen LogP contribution in [0.2, 0.25) is 0 Å². The number of pyridine rings is 1. The summed E-state index contributed by atoms with van der Waals surface area (Å²) in [5, 5.41) is 2.92. The molecule has 0 radical (unpaired) electrons. The van der Waals surface area contributed by atoms with E-state index < -0.39 is 0 Å². The average molecular weight is 354 g/mol. The van der Waals surface area contributed by atoms with Crippen LogP contribution in [0.15, 0.2) is 48.8 Å². The minimum absolute atomic E-state index is 0.0724. The maximum absolute atomic E-state index is 12.3. The van der Waals surface area contributed by atoms with Crippen LogP contribution < -0.4 is 10.2 Å². The van der Waals surface area contributed by atoms with Gasteiger partial charge in [-0.05, 0) is 29.8 Å². The molecule has 1 fully saturated rings. The number of nitrogens with zero attached hydrogens (tertiary/aromatic N) is 3. The Kier molecular flexibility index (Phi) is 5.68. The van der Waals surface area contributed by atoms with Crippen LogP contribution in [0.4, 0.5) is 10.5 Å². The van der Waals surface area contributed by atoms with E-state index in [2.05, 4.69) is 15.2 Å². The molecule has 0 aliphatic carbocycles. The molecule has 136 valence electrons. The Morgan fingerprint density at radius 2 is 1.96 bits per heavy atom. The van der Waals surface area contributed by atoms with Crippen molar-refractivity contribution in [3.8, 4) is 0 Å². The molecule has 0 saturated carbocycles. The lowest BCUT2D eigenvalue weighted by atomic mass is 10.1. The van der Waals surface area contributed by atoms with E-state index >= 15 is 0 Å². The van der Waals surface area contributed by atoms with Crippen molar-refractivity contribution in [2.75, 3.05) is 38.2 Å². The van der Waals surface area contributed by atoms with Crippen molar-refractivity contribution in [3.05, 3.63) is 59.9 Å². The van der Waals surface area contributed by atoms with Gasteiger partial charge in [-0.15, -0.1) is 0 Å². The number of amides is 2. The van der Waals surface area contributed by atoms with Gasteiger partial charge in [0.05, 0.1) is 12.7 Å². The molecule has 7 heteroatoms. The molecule has 0 unspecified atom stereocenters. The number of hydrogen-bond acceptors (Lipinski definition) is 5. The Morgan fingerprint density at radius 1 is 1.15 bits per heavy atom. The molecule has 0 spiro atoms. The number of carbonyl (C=O) groups is 2. The molecule has 1 aromatic carbocycles. The third-order valence-electron chi connectivity index (χ3n) is 4.37. The zero-order valence-electron chi connectivity index (χ0n) is 14.7. The Labute approximate surface area is 152 Å². The number of nitrogens with one attached hydrogen (secondary N) is 1. The molecule has 26 heavy (non-hydrogen) atoms. The van der Waals surface area contributed by atoms with E-state index in [0.29, 0.717) is 38.3 Å². The molecule has 1 aromatic heterocycles. The van der Waals surface area contributed by atoms with E-state index in [1.807, 2.05) is 30.3 Å². The number of urea groups is 1. The van der Waals surface area contributed by atoms with Crippen molar-refractivity contribution < 1.29 is 14.3 Å². The van der Waals surface area contributed by atoms with Crippen LogP contribution in [0.25, 0.3) is 0 Å². The van der Waals surface area contributed by atoms with Crippen molar-refractivity contribution in [3.63, 3.8) is 0 Å². The van der Waals surface area contributed by atoms with E-state index in [9.17, 15) is 9.59 Å². The van der Waals surface area contributed by atoms with Gasteiger partial charge in [0.2, 0.25) is 0 Å². The molecule has 2 amide bonds. The van der Waals surface area contributed by atoms with Crippen molar-refractivity contribution in [2.45, 2.75) is 6.54 Å². The van der Waals surface area contributed by atoms with Gasteiger partial charge in [-0.1, -0.05) is 12.1 Å². The fraction of sp³-hybridized carbons (Fsp3) is 0.316. The minimum Gasteiger partial charge on any atom is -0.465 e. The zero-order chi connectivity index (χ0) is 18.4. The lowest BCUT2D eigenvalue weighted by molar-refractivity contribution is 0.0600. The number of hydrogen-bond donors (Lipinski definition) is 1. The van der Waals surface area contributed by atoms with Gasteiger partial charge in [-0.3, -0.25) is 4.98 Å². The monoisotopic (exact) mass is 354 g/mol. The number of piperazine rings is 1. The number of rotatable bonds is 4. The molecular formula is C19H22N4O3. The number of ether oxygens (including phenoxy) is 1.